The molecular formula is C19H23N5O3. The van der Waals surface area contributed by atoms with E-state index in [1.807, 2.05) is 22.8 Å². The van der Waals surface area contributed by atoms with Gasteiger partial charge in [0.05, 0.1) is 13.2 Å². The van der Waals surface area contributed by atoms with E-state index in [2.05, 4.69) is 27.0 Å². The SMILES string of the molecule is Cn1c(=O)[nH]c(=O)c2c1nc(N1CCOCC1)n2CCCc1ccccc1. The van der Waals surface area contributed by atoms with Crippen molar-refractivity contribution in [2.75, 3.05) is 31.2 Å². The lowest BCUT2D eigenvalue weighted by atomic mass is 10.1. The molecule has 27 heavy (non-hydrogen) atoms. The van der Waals surface area contributed by atoms with Gasteiger partial charge in [-0.25, -0.2) is 4.79 Å². The van der Waals surface area contributed by atoms with E-state index in [-0.39, 0.29) is 5.56 Å². The van der Waals surface area contributed by atoms with Crippen LogP contribution in [0.25, 0.3) is 11.2 Å². The Morgan fingerprint density at radius 1 is 1.15 bits per heavy atom. The maximum atomic E-state index is 12.5. The molecule has 1 saturated heterocycles. The molecule has 0 radical (unpaired) electrons. The number of aromatic nitrogens is 4. The Morgan fingerprint density at radius 3 is 2.63 bits per heavy atom. The molecule has 142 valence electrons. The lowest BCUT2D eigenvalue weighted by Gasteiger charge is -2.28. The monoisotopic (exact) mass is 369 g/mol. The largest absolute Gasteiger partial charge is 0.378 e. The molecule has 3 heterocycles. The number of aryl methyl sites for hydroxylation is 3. The number of imidazole rings is 1. The summed E-state index contributed by atoms with van der Waals surface area (Å²) in [5, 5.41) is 0. The molecule has 1 aliphatic heterocycles. The Balaban J connectivity index is 1.72. The Bertz CT molecular complexity index is 1040. The van der Waals surface area contributed by atoms with Crippen molar-refractivity contribution >= 4 is 17.1 Å². The number of aromatic amines is 1. The van der Waals surface area contributed by atoms with Crippen LogP contribution in [0.5, 0.6) is 0 Å². The maximum absolute atomic E-state index is 12.5. The third kappa shape index (κ3) is 3.40. The van der Waals surface area contributed by atoms with Crippen LogP contribution < -0.4 is 16.1 Å². The summed E-state index contributed by atoms with van der Waals surface area (Å²) >= 11 is 0. The second-order valence-corrected chi connectivity index (χ2v) is 6.74. The van der Waals surface area contributed by atoms with Gasteiger partial charge in [-0.3, -0.25) is 14.3 Å². The van der Waals surface area contributed by atoms with E-state index in [0.717, 1.165) is 18.8 Å². The number of rotatable bonds is 5. The van der Waals surface area contributed by atoms with E-state index in [1.165, 1.54) is 10.1 Å². The molecule has 1 aromatic carbocycles. The van der Waals surface area contributed by atoms with Crippen LogP contribution in [0, 0.1) is 0 Å². The molecule has 0 unspecified atom stereocenters. The van der Waals surface area contributed by atoms with E-state index in [4.69, 9.17) is 4.74 Å². The maximum Gasteiger partial charge on any atom is 0.329 e. The highest BCUT2D eigenvalue weighted by Crippen LogP contribution is 2.21. The van der Waals surface area contributed by atoms with Crippen LogP contribution in [-0.4, -0.2) is 45.4 Å². The minimum absolute atomic E-state index is 0.389. The molecule has 8 nitrogen and oxygen atoms in total. The van der Waals surface area contributed by atoms with Crippen molar-refractivity contribution in [3.8, 4) is 0 Å². The van der Waals surface area contributed by atoms with E-state index >= 15 is 0 Å². The highest BCUT2D eigenvalue weighted by Gasteiger charge is 2.22. The number of hydrogen-bond acceptors (Lipinski definition) is 5. The number of nitrogens with zero attached hydrogens (tertiary/aromatic N) is 4. The van der Waals surface area contributed by atoms with Crippen LogP contribution in [0.2, 0.25) is 0 Å². The van der Waals surface area contributed by atoms with Crippen molar-refractivity contribution in [2.45, 2.75) is 19.4 Å². The highest BCUT2D eigenvalue weighted by molar-refractivity contribution is 5.74. The number of benzene rings is 1. The molecule has 1 aliphatic rings. The van der Waals surface area contributed by atoms with Gasteiger partial charge < -0.3 is 14.2 Å². The van der Waals surface area contributed by atoms with Gasteiger partial charge in [0, 0.05) is 26.7 Å². The highest BCUT2D eigenvalue weighted by atomic mass is 16.5. The average Bonchev–Trinajstić information content (AvgIpc) is 3.08. The minimum Gasteiger partial charge on any atom is -0.378 e. The second-order valence-electron chi connectivity index (χ2n) is 6.74. The molecule has 0 atom stereocenters. The van der Waals surface area contributed by atoms with Crippen molar-refractivity contribution in [2.24, 2.45) is 7.05 Å². The van der Waals surface area contributed by atoms with Crippen LogP contribution in [0.1, 0.15) is 12.0 Å². The number of fused-ring (bicyclic) bond motifs is 1. The summed E-state index contributed by atoms with van der Waals surface area (Å²) in [7, 11) is 1.63. The summed E-state index contributed by atoms with van der Waals surface area (Å²) in [5.74, 6) is 0.730. The molecule has 0 aliphatic carbocycles. The molecule has 3 aromatic rings. The van der Waals surface area contributed by atoms with E-state index < -0.39 is 5.69 Å². The lowest BCUT2D eigenvalue weighted by Crippen LogP contribution is -2.38. The number of anilines is 1. The van der Waals surface area contributed by atoms with Crippen molar-refractivity contribution in [1.29, 1.82) is 0 Å². The first-order valence-electron chi connectivity index (χ1n) is 9.21. The predicted molar refractivity (Wildman–Crippen MR) is 103 cm³/mol. The Labute approximate surface area is 156 Å². The van der Waals surface area contributed by atoms with Gasteiger partial charge in [-0.15, -0.1) is 0 Å². The fraction of sp³-hybridized carbons (Fsp3) is 0.421. The standard InChI is InChI=1S/C19H23N5O3/c1-22-16-15(17(25)21-19(22)26)24(9-5-8-14-6-3-2-4-7-14)18(20-16)23-10-12-27-13-11-23/h2-4,6-7H,5,8-13H2,1H3,(H,21,25,26). The van der Waals surface area contributed by atoms with Crippen molar-refractivity contribution in [3.05, 3.63) is 56.7 Å². The number of ether oxygens (including phenoxy) is 1. The van der Waals surface area contributed by atoms with E-state index in [0.29, 0.717) is 44.0 Å². The zero-order valence-electron chi connectivity index (χ0n) is 15.4. The average molecular weight is 369 g/mol. The van der Waals surface area contributed by atoms with Gasteiger partial charge in [0.2, 0.25) is 5.95 Å². The first-order valence-corrected chi connectivity index (χ1v) is 9.21. The van der Waals surface area contributed by atoms with Crippen LogP contribution in [0.15, 0.2) is 39.9 Å². The Hall–Kier alpha value is -2.87. The smallest absolute Gasteiger partial charge is 0.329 e. The summed E-state index contributed by atoms with van der Waals surface area (Å²) < 4.78 is 8.78. The fourth-order valence-corrected chi connectivity index (χ4v) is 3.53. The zero-order chi connectivity index (χ0) is 18.8. The van der Waals surface area contributed by atoms with Crippen LogP contribution in [0.4, 0.5) is 5.95 Å². The number of H-pyrrole nitrogens is 1. The van der Waals surface area contributed by atoms with Gasteiger partial charge in [-0.05, 0) is 18.4 Å². The topological polar surface area (TPSA) is 85.2 Å². The lowest BCUT2D eigenvalue weighted by molar-refractivity contribution is 0.121. The third-order valence-electron chi connectivity index (χ3n) is 4.97. The summed E-state index contributed by atoms with van der Waals surface area (Å²) in [5.41, 5.74) is 1.29. The Kier molecular flexibility index (Phi) is 4.81. The predicted octanol–water partition coefficient (Wildman–Crippen LogP) is 0.893. The van der Waals surface area contributed by atoms with Gasteiger partial charge in [0.15, 0.2) is 11.2 Å². The summed E-state index contributed by atoms with van der Waals surface area (Å²) in [6, 6.07) is 10.3. The van der Waals surface area contributed by atoms with Gasteiger partial charge in [-0.1, -0.05) is 30.3 Å². The number of hydrogen-bond donors (Lipinski definition) is 1. The molecule has 8 heteroatoms. The third-order valence-corrected chi connectivity index (χ3v) is 4.97. The van der Waals surface area contributed by atoms with Crippen molar-refractivity contribution in [1.82, 2.24) is 19.1 Å². The molecule has 0 saturated carbocycles. The molecule has 1 N–H and O–H groups in total. The van der Waals surface area contributed by atoms with Crippen molar-refractivity contribution < 1.29 is 4.74 Å². The van der Waals surface area contributed by atoms with Crippen LogP contribution >= 0.6 is 0 Å². The number of morpholine rings is 1. The molecular weight excluding hydrogens is 346 g/mol. The molecule has 1 fully saturated rings. The van der Waals surface area contributed by atoms with Crippen LogP contribution in [0.3, 0.4) is 0 Å². The molecule has 4 rings (SSSR count). The van der Waals surface area contributed by atoms with Crippen LogP contribution in [-0.2, 0) is 24.8 Å². The van der Waals surface area contributed by atoms with E-state index in [9.17, 15) is 9.59 Å². The number of nitrogens with one attached hydrogen (secondary N) is 1. The van der Waals surface area contributed by atoms with Gasteiger partial charge >= 0.3 is 5.69 Å². The first kappa shape index (κ1) is 17.5. The fourth-order valence-electron chi connectivity index (χ4n) is 3.53. The zero-order valence-corrected chi connectivity index (χ0v) is 15.4. The first-order chi connectivity index (χ1) is 13.1. The second kappa shape index (κ2) is 7.40. The van der Waals surface area contributed by atoms with Gasteiger partial charge in [-0.2, -0.15) is 4.98 Å². The molecule has 0 spiro atoms. The normalized spacial score (nSPS) is 14.8. The summed E-state index contributed by atoms with van der Waals surface area (Å²) in [6.07, 6.45) is 1.78. The minimum atomic E-state index is -0.449. The molecule has 2 aromatic heterocycles. The Morgan fingerprint density at radius 2 is 1.89 bits per heavy atom. The van der Waals surface area contributed by atoms with Gasteiger partial charge in [0.1, 0.15) is 0 Å². The van der Waals surface area contributed by atoms with Gasteiger partial charge in [0.25, 0.3) is 5.56 Å². The summed E-state index contributed by atoms with van der Waals surface area (Å²) in [6.45, 7) is 3.34. The molecule has 0 bridgehead atoms. The van der Waals surface area contributed by atoms with E-state index in [1.54, 1.807) is 7.05 Å². The summed E-state index contributed by atoms with van der Waals surface area (Å²) in [4.78, 5) is 33.7. The molecule has 0 amide bonds. The quantitative estimate of drug-likeness (QED) is 0.722. The van der Waals surface area contributed by atoms with Crippen molar-refractivity contribution in [3.63, 3.8) is 0 Å².